The van der Waals surface area contributed by atoms with Crippen LogP contribution in [0.5, 0.6) is 11.5 Å². The van der Waals surface area contributed by atoms with Crippen molar-refractivity contribution < 1.29 is 33.4 Å². The summed E-state index contributed by atoms with van der Waals surface area (Å²) >= 11 is 6.24. The maximum Gasteiger partial charge on any atom is 0.262 e. The number of nitrogens with zero attached hydrogens (tertiary/aromatic N) is 6. The third-order valence-electron chi connectivity index (χ3n) is 10.9. The van der Waals surface area contributed by atoms with Crippen LogP contribution in [0.25, 0.3) is 0 Å². The number of amides is 5. The smallest absolute Gasteiger partial charge is 0.262 e. The number of imide groups is 2. The zero-order chi connectivity index (χ0) is 38.0. The lowest BCUT2D eigenvalue weighted by Gasteiger charge is -2.65. The average Bonchev–Trinajstić information content (AvgIpc) is 3.34. The summed E-state index contributed by atoms with van der Waals surface area (Å²) in [5.74, 6) is -1.02. The van der Waals surface area contributed by atoms with Crippen LogP contribution in [0.1, 0.15) is 83.6 Å². The van der Waals surface area contributed by atoms with E-state index in [0.717, 1.165) is 24.4 Å². The Hall–Kier alpha value is -5.55. The van der Waals surface area contributed by atoms with Crippen molar-refractivity contribution in [3.8, 4) is 17.6 Å². The Kier molecular flexibility index (Phi) is 8.89. The molecule has 1 unspecified atom stereocenters. The van der Waals surface area contributed by atoms with Gasteiger partial charge >= 0.3 is 0 Å². The number of hydrogen-bond acceptors (Lipinski definition) is 11. The number of carbonyl (C=O) groups excluding carboxylic acids is 5. The molecule has 14 nitrogen and oxygen atoms in total. The first-order valence-corrected chi connectivity index (χ1v) is 17.7. The molecule has 1 saturated carbocycles. The molecule has 4 heterocycles. The van der Waals surface area contributed by atoms with Gasteiger partial charge in [-0.1, -0.05) is 39.3 Å². The van der Waals surface area contributed by atoms with Gasteiger partial charge in [0.15, 0.2) is 0 Å². The lowest BCUT2D eigenvalue weighted by molar-refractivity contribution is -0.216. The van der Waals surface area contributed by atoms with Crippen LogP contribution in [0.15, 0.2) is 48.8 Å². The molecule has 1 aliphatic carbocycles. The quantitative estimate of drug-likeness (QED) is 0.296. The first-order chi connectivity index (χ1) is 25.1. The molecule has 53 heavy (non-hydrogen) atoms. The van der Waals surface area contributed by atoms with Gasteiger partial charge in [-0.25, -0.2) is 9.97 Å². The van der Waals surface area contributed by atoms with Gasteiger partial charge in [0, 0.05) is 48.8 Å². The molecule has 0 spiro atoms. The van der Waals surface area contributed by atoms with E-state index >= 15 is 0 Å². The van der Waals surface area contributed by atoms with Crippen molar-refractivity contribution in [2.24, 2.45) is 22.5 Å². The number of carbonyl (C=O) groups is 5. The van der Waals surface area contributed by atoms with E-state index in [-0.39, 0.29) is 40.5 Å². The number of fused-ring (bicyclic) bond motifs is 1. The molecule has 2 N–H and O–H groups in total. The van der Waals surface area contributed by atoms with Crippen molar-refractivity contribution >= 4 is 47.1 Å². The molecular formula is C38H38ClN7O7. The van der Waals surface area contributed by atoms with Gasteiger partial charge in [-0.3, -0.25) is 33.8 Å². The van der Waals surface area contributed by atoms with E-state index in [2.05, 4.69) is 9.97 Å². The van der Waals surface area contributed by atoms with Crippen LogP contribution in [-0.4, -0.2) is 87.2 Å². The van der Waals surface area contributed by atoms with Gasteiger partial charge in [0.05, 0.1) is 39.9 Å². The summed E-state index contributed by atoms with van der Waals surface area (Å²) in [4.78, 5) is 79.0. The van der Waals surface area contributed by atoms with E-state index in [1.54, 1.807) is 24.3 Å². The van der Waals surface area contributed by atoms with Crippen LogP contribution in [0.2, 0.25) is 5.02 Å². The fraction of sp³-hybridized carbons (Fsp3) is 0.421. The Morgan fingerprint density at radius 2 is 1.62 bits per heavy atom. The maximum atomic E-state index is 14.2. The number of piperidine rings is 1. The highest BCUT2D eigenvalue weighted by Gasteiger charge is 2.68. The van der Waals surface area contributed by atoms with Gasteiger partial charge < -0.3 is 20.1 Å². The van der Waals surface area contributed by atoms with E-state index in [4.69, 9.17) is 26.8 Å². The monoisotopic (exact) mass is 739 g/mol. The Balaban J connectivity index is 0.989. The normalized spacial score (nSPS) is 23.2. The molecule has 15 heteroatoms. The minimum atomic E-state index is -1.15. The molecule has 2 saturated heterocycles. The Morgan fingerprint density at radius 1 is 0.962 bits per heavy atom. The van der Waals surface area contributed by atoms with Crippen LogP contribution in [-0.2, 0) is 9.59 Å². The van der Waals surface area contributed by atoms with E-state index in [0.29, 0.717) is 35.5 Å². The summed E-state index contributed by atoms with van der Waals surface area (Å²) < 4.78 is 12.3. The van der Waals surface area contributed by atoms with Gasteiger partial charge in [-0.2, -0.15) is 5.26 Å². The van der Waals surface area contributed by atoms with Crippen LogP contribution in [0.4, 0.5) is 5.95 Å². The summed E-state index contributed by atoms with van der Waals surface area (Å²) in [6.45, 7) is 9.45. The van der Waals surface area contributed by atoms with Crippen molar-refractivity contribution in [2.45, 2.75) is 65.1 Å². The Morgan fingerprint density at radius 3 is 2.26 bits per heavy atom. The fourth-order valence-electron chi connectivity index (χ4n) is 8.65. The average molecular weight is 740 g/mol. The summed E-state index contributed by atoms with van der Waals surface area (Å²) in [5.41, 5.74) is 4.71. The summed E-state index contributed by atoms with van der Waals surface area (Å²) in [5, 5.41) is 9.49. The Bertz CT molecular complexity index is 2070. The van der Waals surface area contributed by atoms with Crippen molar-refractivity contribution in [3.05, 3.63) is 76.1 Å². The number of ether oxygens (including phenoxy) is 2. The van der Waals surface area contributed by atoms with Crippen LogP contribution < -0.4 is 20.1 Å². The predicted molar refractivity (Wildman–Crippen MR) is 190 cm³/mol. The lowest BCUT2D eigenvalue weighted by Crippen LogP contribution is -2.77. The van der Waals surface area contributed by atoms with E-state index in [1.165, 1.54) is 29.4 Å². The molecule has 3 aromatic rings. The van der Waals surface area contributed by atoms with Crippen molar-refractivity contribution in [1.82, 2.24) is 19.8 Å². The number of halogens is 1. The van der Waals surface area contributed by atoms with Crippen LogP contribution in [0.3, 0.4) is 0 Å². The number of nitrogens with two attached hydrogens (primary N) is 1. The standard InChI is InChI=1S/C38H38ClN7O7/c1-37(2)34(38(3,4)35(37)53-24-6-5-21(15-40)27(39)14-24)46-29(47)10-9-28(33(46)51)45-31(49)25-8-7-23(13-26(25)32(45)50)52-12-11-20-18-44(19-20)36-42-16-22(17-43-36)30(41)48/h5-8,13-14,16-17,20,28,34-35H,9-12,18-19H2,1-4H3,(H2,41,48). The molecule has 5 amide bonds. The number of hydrogen-bond donors (Lipinski definition) is 1. The first kappa shape index (κ1) is 35.8. The van der Waals surface area contributed by atoms with Crippen molar-refractivity contribution in [2.75, 3.05) is 24.6 Å². The topological polar surface area (TPSA) is 189 Å². The molecular weight excluding hydrogens is 702 g/mol. The number of aromatic nitrogens is 2. The number of benzene rings is 2. The largest absolute Gasteiger partial charge is 0.494 e. The van der Waals surface area contributed by atoms with Gasteiger partial charge in [-0.05, 0) is 49.1 Å². The van der Waals surface area contributed by atoms with Gasteiger partial charge in [-0.15, -0.1) is 0 Å². The molecule has 3 aliphatic heterocycles. The third-order valence-corrected chi connectivity index (χ3v) is 11.2. The molecule has 2 aromatic carbocycles. The Labute approximate surface area is 310 Å². The zero-order valence-corrected chi connectivity index (χ0v) is 30.4. The minimum absolute atomic E-state index is 0.0129. The second kappa shape index (κ2) is 13.1. The summed E-state index contributed by atoms with van der Waals surface area (Å²) in [6, 6.07) is 9.78. The fourth-order valence-corrected chi connectivity index (χ4v) is 8.87. The molecule has 0 bridgehead atoms. The summed E-state index contributed by atoms with van der Waals surface area (Å²) in [6.07, 6.45) is 3.11. The van der Waals surface area contributed by atoms with E-state index in [1.807, 2.05) is 38.7 Å². The molecule has 3 fully saturated rings. The highest BCUT2D eigenvalue weighted by Crippen LogP contribution is 2.58. The number of nitriles is 1. The SMILES string of the molecule is CC1(C)C(Oc2ccc(C#N)c(Cl)c2)C(C)(C)C1N1C(=O)CCC(N2C(=O)c3ccc(OCCC4CN(c5ncc(C(N)=O)cn5)C4)cc3C2=O)C1=O. The van der Waals surface area contributed by atoms with Crippen LogP contribution in [0, 0.1) is 28.1 Å². The van der Waals surface area contributed by atoms with Crippen molar-refractivity contribution in [3.63, 3.8) is 0 Å². The number of anilines is 1. The van der Waals surface area contributed by atoms with Crippen molar-refractivity contribution in [1.29, 1.82) is 5.26 Å². The number of likely N-dealkylation sites (tertiary alicyclic amines) is 1. The molecule has 1 atom stereocenters. The molecule has 0 radical (unpaired) electrons. The van der Waals surface area contributed by atoms with Gasteiger partial charge in [0.2, 0.25) is 11.9 Å². The van der Waals surface area contributed by atoms with Gasteiger partial charge in [0.25, 0.3) is 23.6 Å². The molecule has 4 aliphatic rings. The second-order valence-electron chi connectivity index (χ2n) is 15.2. The second-order valence-corrected chi connectivity index (χ2v) is 15.6. The van der Waals surface area contributed by atoms with E-state index < -0.39 is 52.6 Å². The first-order valence-electron chi connectivity index (χ1n) is 17.4. The zero-order valence-electron chi connectivity index (χ0n) is 29.7. The molecule has 274 valence electrons. The highest BCUT2D eigenvalue weighted by molar-refractivity contribution is 6.31. The van der Waals surface area contributed by atoms with E-state index in [9.17, 15) is 29.2 Å². The highest BCUT2D eigenvalue weighted by atomic mass is 35.5. The number of rotatable bonds is 10. The van der Waals surface area contributed by atoms with Crippen LogP contribution >= 0.6 is 11.6 Å². The number of primary amides is 1. The summed E-state index contributed by atoms with van der Waals surface area (Å²) in [7, 11) is 0. The predicted octanol–water partition coefficient (Wildman–Crippen LogP) is 4.00. The van der Waals surface area contributed by atoms with Gasteiger partial charge in [0.1, 0.15) is 29.7 Å². The molecule has 1 aromatic heterocycles. The third kappa shape index (κ3) is 6.02. The lowest BCUT2D eigenvalue weighted by atomic mass is 9.48. The molecule has 7 rings (SSSR count). The minimum Gasteiger partial charge on any atom is -0.494 e. The maximum absolute atomic E-state index is 14.2.